The van der Waals surface area contributed by atoms with Crippen molar-refractivity contribution in [2.75, 3.05) is 13.1 Å². The van der Waals surface area contributed by atoms with Crippen LogP contribution in [0.2, 0.25) is 0 Å². The van der Waals surface area contributed by atoms with Crippen molar-refractivity contribution in [1.82, 2.24) is 4.90 Å². The highest BCUT2D eigenvalue weighted by Gasteiger charge is 2.34. The maximum absolute atomic E-state index is 12.6. The van der Waals surface area contributed by atoms with Crippen LogP contribution in [0.25, 0.3) is 0 Å². The number of aliphatic carboxylic acids is 1. The minimum absolute atomic E-state index is 0.0161. The minimum atomic E-state index is -0.875. The number of carboxylic acid groups (broad SMARTS) is 1. The monoisotopic (exact) mass is 329 g/mol. The highest BCUT2D eigenvalue weighted by Crippen LogP contribution is 2.36. The zero-order chi connectivity index (χ0) is 16.9. The third-order valence-corrected chi connectivity index (χ3v) is 5.74. The van der Waals surface area contributed by atoms with Crippen molar-refractivity contribution < 1.29 is 14.7 Å². The molecule has 1 amide bonds. The van der Waals surface area contributed by atoms with Gasteiger partial charge in [-0.15, -0.1) is 0 Å². The van der Waals surface area contributed by atoms with Crippen molar-refractivity contribution >= 4 is 11.9 Å². The van der Waals surface area contributed by atoms with Crippen LogP contribution in [0.3, 0.4) is 0 Å². The Morgan fingerprint density at radius 3 is 2.50 bits per heavy atom. The van der Waals surface area contributed by atoms with Crippen LogP contribution in [0.15, 0.2) is 30.3 Å². The lowest BCUT2D eigenvalue weighted by Gasteiger charge is -2.41. The molecule has 0 aromatic heterocycles. The first kappa shape index (κ1) is 17.0. The van der Waals surface area contributed by atoms with Crippen molar-refractivity contribution in [3.63, 3.8) is 0 Å². The molecule has 1 heterocycles. The second-order valence-corrected chi connectivity index (χ2v) is 7.36. The van der Waals surface area contributed by atoms with Crippen molar-refractivity contribution in [3.8, 4) is 0 Å². The van der Waals surface area contributed by atoms with E-state index in [1.165, 1.54) is 25.7 Å². The average Bonchev–Trinajstić information content (AvgIpc) is 2.61. The van der Waals surface area contributed by atoms with E-state index in [1.54, 1.807) is 0 Å². The summed E-state index contributed by atoms with van der Waals surface area (Å²) in [7, 11) is 0. The summed E-state index contributed by atoms with van der Waals surface area (Å²) in [4.78, 5) is 26.1. The van der Waals surface area contributed by atoms with E-state index in [0.717, 1.165) is 31.0 Å². The number of piperidine rings is 1. The molecule has 1 aromatic carbocycles. The molecule has 4 heteroatoms. The third-order valence-electron chi connectivity index (χ3n) is 5.74. The van der Waals surface area contributed by atoms with E-state index in [-0.39, 0.29) is 12.3 Å². The number of carbonyl (C=O) groups is 2. The smallest absolute Gasteiger partial charge is 0.307 e. The Kier molecular flexibility index (Phi) is 5.54. The van der Waals surface area contributed by atoms with Crippen LogP contribution in [-0.2, 0) is 16.0 Å². The number of hydrogen-bond donors (Lipinski definition) is 1. The largest absolute Gasteiger partial charge is 0.481 e. The second-order valence-electron chi connectivity index (χ2n) is 7.36. The quantitative estimate of drug-likeness (QED) is 0.901. The molecular weight excluding hydrogens is 302 g/mol. The number of carbonyl (C=O) groups excluding carboxylic acids is 1. The second kappa shape index (κ2) is 7.82. The van der Waals surface area contributed by atoms with Gasteiger partial charge in [-0.05, 0) is 36.7 Å². The molecule has 0 bridgehead atoms. The van der Waals surface area contributed by atoms with E-state index in [1.807, 2.05) is 35.2 Å². The Labute approximate surface area is 143 Å². The molecule has 1 aliphatic carbocycles. The molecule has 0 radical (unpaired) electrons. The molecule has 24 heavy (non-hydrogen) atoms. The number of amides is 1. The normalized spacial score (nSPS) is 24.9. The molecule has 1 saturated carbocycles. The fourth-order valence-electron chi connectivity index (χ4n) is 4.31. The Morgan fingerprint density at radius 1 is 1.08 bits per heavy atom. The SMILES string of the molecule is O=C(O)C(CC(=O)N1CC[C@H]2CCCC[C@@H]2C1)Cc1ccccc1. The number of rotatable bonds is 5. The van der Waals surface area contributed by atoms with Crippen LogP contribution in [0.1, 0.15) is 44.1 Å². The van der Waals surface area contributed by atoms with Crippen LogP contribution in [0.5, 0.6) is 0 Å². The van der Waals surface area contributed by atoms with Gasteiger partial charge >= 0.3 is 5.97 Å². The molecule has 2 aliphatic rings. The number of carboxylic acids is 1. The molecule has 0 spiro atoms. The van der Waals surface area contributed by atoms with Gasteiger partial charge in [0.15, 0.2) is 0 Å². The first-order valence-electron chi connectivity index (χ1n) is 9.18. The van der Waals surface area contributed by atoms with Gasteiger partial charge in [-0.25, -0.2) is 0 Å². The first-order valence-corrected chi connectivity index (χ1v) is 9.18. The standard InChI is InChI=1S/C20H27NO3/c22-19(21-11-10-16-8-4-5-9-17(16)14-21)13-18(20(23)24)12-15-6-2-1-3-7-15/h1-3,6-7,16-18H,4-5,8-14H2,(H,23,24)/t16-,17-,18?/m1/s1. The van der Waals surface area contributed by atoms with Gasteiger partial charge in [-0.1, -0.05) is 49.6 Å². The fraction of sp³-hybridized carbons (Fsp3) is 0.600. The van der Waals surface area contributed by atoms with E-state index in [9.17, 15) is 14.7 Å². The molecule has 2 fully saturated rings. The molecule has 1 unspecified atom stereocenters. The fourth-order valence-corrected chi connectivity index (χ4v) is 4.31. The number of fused-ring (bicyclic) bond motifs is 1. The van der Waals surface area contributed by atoms with Gasteiger partial charge in [0.25, 0.3) is 0 Å². The van der Waals surface area contributed by atoms with E-state index < -0.39 is 11.9 Å². The van der Waals surface area contributed by atoms with E-state index in [4.69, 9.17) is 0 Å². The number of nitrogens with zero attached hydrogens (tertiary/aromatic N) is 1. The van der Waals surface area contributed by atoms with Gasteiger partial charge in [0.1, 0.15) is 0 Å². The van der Waals surface area contributed by atoms with Crippen LogP contribution in [-0.4, -0.2) is 35.0 Å². The average molecular weight is 329 g/mol. The molecule has 4 nitrogen and oxygen atoms in total. The van der Waals surface area contributed by atoms with Crippen molar-refractivity contribution in [1.29, 1.82) is 0 Å². The minimum Gasteiger partial charge on any atom is -0.481 e. The topological polar surface area (TPSA) is 57.6 Å². The van der Waals surface area contributed by atoms with Gasteiger partial charge in [0, 0.05) is 19.5 Å². The molecule has 3 atom stereocenters. The first-order chi connectivity index (χ1) is 11.6. The summed E-state index contributed by atoms with van der Waals surface area (Å²) in [6, 6.07) is 9.58. The highest BCUT2D eigenvalue weighted by molar-refractivity contribution is 5.82. The zero-order valence-corrected chi connectivity index (χ0v) is 14.2. The lowest BCUT2D eigenvalue weighted by atomic mass is 9.75. The molecular formula is C20H27NO3. The lowest BCUT2D eigenvalue weighted by molar-refractivity contribution is -0.146. The van der Waals surface area contributed by atoms with Gasteiger partial charge in [-0.2, -0.15) is 0 Å². The van der Waals surface area contributed by atoms with E-state index in [2.05, 4.69) is 0 Å². The molecule has 1 N–H and O–H groups in total. The molecule has 130 valence electrons. The molecule has 3 rings (SSSR count). The van der Waals surface area contributed by atoms with Crippen LogP contribution < -0.4 is 0 Å². The van der Waals surface area contributed by atoms with Crippen LogP contribution >= 0.6 is 0 Å². The number of hydrogen-bond acceptors (Lipinski definition) is 2. The Balaban J connectivity index is 1.58. The summed E-state index contributed by atoms with van der Waals surface area (Å²) in [5.41, 5.74) is 0.976. The molecule has 1 aliphatic heterocycles. The summed E-state index contributed by atoms with van der Waals surface area (Å²) < 4.78 is 0. The van der Waals surface area contributed by atoms with Crippen molar-refractivity contribution in [3.05, 3.63) is 35.9 Å². The molecule has 1 aromatic rings. The van der Waals surface area contributed by atoms with Crippen molar-refractivity contribution in [2.24, 2.45) is 17.8 Å². The van der Waals surface area contributed by atoms with Gasteiger partial charge in [-0.3, -0.25) is 9.59 Å². The van der Waals surface area contributed by atoms with Crippen LogP contribution in [0.4, 0.5) is 0 Å². The van der Waals surface area contributed by atoms with Gasteiger partial charge in [0.05, 0.1) is 5.92 Å². The van der Waals surface area contributed by atoms with Gasteiger partial charge in [0.2, 0.25) is 5.91 Å². The zero-order valence-electron chi connectivity index (χ0n) is 14.2. The lowest BCUT2D eigenvalue weighted by Crippen LogP contribution is -2.45. The number of benzene rings is 1. The maximum atomic E-state index is 12.6. The Hall–Kier alpha value is -1.84. The van der Waals surface area contributed by atoms with Crippen LogP contribution in [0, 0.1) is 17.8 Å². The van der Waals surface area contributed by atoms with E-state index >= 15 is 0 Å². The summed E-state index contributed by atoms with van der Waals surface area (Å²) in [5.74, 6) is -0.0812. The Bertz CT molecular complexity index is 572. The summed E-state index contributed by atoms with van der Waals surface area (Å²) in [5, 5.41) is 9.50. The van der Waals surface area contributed by atoms with E-state index in [0.29, 0.717) is 12.3 Å². The predicted molar refractivity (Wildman–Crippen MR) is 92.5 cm³/mol. The third kappa shape index (κ3) is 4.16. The Morgan fingerprint density at radius 2 is 1.79 bits per heavy atom. The van der Waals surface area contributed by atoms with Crippen molar-refractivity contribution in [2.45, 2.75) is 44.9 Å². The predicted octanol–water partition coefficient (Wildman–Crippen LogP) is 3.36. The number of likely N-dealkylation sites (tertiary alicyclic amines) is 1. The maximum Gasteiger partial charge on any atom is 0.307 e. The summed E-state index contributed by atoms with van der Waals surface area (Å²) in [6.45, 7) is 1.64. The van der Waals surface area contributed by atoms with Gasteiger partial charge < -0.3 is 10.0 Å². The molecule has 1 saturated heterocycles. The summed E-state index contributed by atoms with van der Waals surface area (Å²) >= 11 is 0. The summed E-state index contributed by atoms with van der Waals surface area (Å²) in [6.07, 6.45) is 6.75. The highest BCUT2D eigenvalue weighted by atomic mass is 16.4.